The minimum atomic E-state index is -0.574. The molecule has 0 saturated carbocycles. The molecule has 1 fully saturated rings. The summed E-state index contributed by atoms with van der Waals surface area (Å²) in [6, 6.07) is 15.0. The smallest absolute Gasteiger partial charge is 0.409 e. The molecule has 1 saturated heterocycles. The zero-order chi connectivity index (χ0) is 23.4. The van der Waals surface area contributed by atoms with E-state index >= 15 is 0 Å². The third-order valence-corrected chi connectivity index (χ3v) is 5.66. The van der Waals surface area contributed by atoms with Gasteiger partial charge in [-0.3, -0.25) is 9.59 Å². The second kappa shape index (κ2) is 9.77. The number of carbonyl (C=O) groups excluding carboxylic acids is 3. The van der Waals surface area contributed by atoms with Crippen LogP contribution in [0.2, 0.25) is 0 Å². The number of hydrogen-bond donors (Lipinski definition) is 0. The van der Waals surface area contributed by atoms with Crippen LogP contribution in [0.4, 0.5) is 4.79 Å². The van der Waals surface area contributed by atoms with E-state index in [4.69, 9.17) is 9.47 Å². The number of fused-ring (bicyclic) bond motifs is 1. The number of aromatic nitrogens is 1. The largest absolute Gasteiger partial charge is 0.494 e. The molecule has 1 aliphatic heterocycles. The van der Waals surface area contributed by atoms with Gasteiger partial charge in [0.1, 0.15) is 11.4 Å². The van der Waals surface area contributed by atoms with Crippen LogP contribution in [0.25, 0.3) is 16.6 Å². The van der Waals surface area contributed by atoms with Crippen LogP contribution in [0.1, 0.15) is 24.3 Å². The van der Waals surface area contributed by atoms with Gasteiger partial charge >= 0.3 is 6.09 Å². The van der Waals surface area contributed by atoms with Gasteiger partial charge in [0.15, 0.2) is 0 Å². The van der Waals surface area contributed by atoms with Crippen LogP contribution in [0.15, 0.2) is 54.7 Å². The van der Waals surface area contributed by atoms with Gasteiger partial charge in [-0.2, -0.15) is 0 Å². The highest BCUT2D eigenvalue weighted by atomic mass is 16.6. The molecule has 0 N–H and O–H groups in total. The summed E-state index contributed by atoms with van der Waals surface area (Å²) in [7, 11) is 0. The number of Topliss-reactive ketones (excluding diaryl/α,β-unsaturated/α-hetero) is 1. The molecule has 172 valence electrons. The highest BCUT2D eigenvalue weighted by molar-refractivity contribution is 6.43. The second-order valence-corrected chi connectivity index (χ2v) is 7.67. The number of nitrogens with zero attached hydrogens (tertiary/aromatic N) is 3. The van der Waals surface area contributed by atoms with Gasteiger partial charge in [-0.05, 0) is 49.7 Å². The molecule has 2 amide bonds. The minimum Gasteiger partial charge on any atom is -0.494 e. The van der Waals surface area contributed by atoms with E-state index < -0.39 is 17.8 Å². The van der Waals surface area contributed by atoms with Crippen molar-refractivity contribution in [3.63, 3.8) is 0 Å². The summed E-state index contributed by atoms with van der Waals surface area (Å²) in [5.41, 5.74) is 2.66. The van der Waals surface area contributed by atoms with E-state index in [0.717, 1.165) is 16.8 Å². The molecule has 0 aliphatic carbocycles. The first kappa shape index (κ1) is 22.4. The fourth-order valence-corrected chi connectivity index (χ4v) is 4.02. The van der Waals surface area contributed by atoms with Crippen molar-refractivity contribution in [2.24, 2.45) is 0 Å². The summed E-state index contributed by atoms with van der Waals surface area (Å²) in [5.74, 6) is -0.405. The summed E-state index contributed by atoms with van der Waals surface area (Å²) in [6.07, 6.45) is 1.39. The Balaban J connectivity index is 1.61. The summed E-state index contributed by atoms with van der Waals surface area (Å²) < 4.78 is 12.3. The molecule has 0 unspecified atom stereocenters. The Morgan fingerprint density at radius 1 is 0.879 bits per heavy atom. The van der Waals surface area contributed by atoms with Crippen molar-refractivity contribution in [3.05, 3.63) is 60.4 Å². The lowest BCUT2D eigenvalue weighted by molar-refractivity contribution is -0.128. The highest BCUT2D eigenvalue weighted by Gasteiger charge is 2.32. The van der Waals surface area contributed by atoms with Crippen molar-refractivity contribution in [2.75, 3.05) is 39.4 Å². The maximum atomic E-state index is 13.5. The number of rotatable bonds is 6. The Hall–Kier alpha value is -3.81. The van der Waals surface area contributed by atoms with E-state index in [0.29, 0.717) is 37.6 Å². The Morgan fingerprint density at radius 3 is 2.24 bits per heavy atom. The first-order chi connectivity index (χ1) is 16.0. The lowest BCUT2D eigenvalue weighted by atomic mass is 10.0. The Labute approximate surface area is 192 Å². The van der Waals surface area contributed by atoms with Crippen LogP contribution in [-0.4, -0.2) is 71.4 Å². The molecular formula is C25H27N3O5. The zero-order valence-corrected chi connectivity index (χ0v) is 18.8. The van der Waals surface area contributed by atoms with Gasteiger partial charge in [0.25, 0.3) is 11.7 Å². The van der Waals surface area contributed by atoms with Gasteiger partial charge in [0, 0.05) is 43.5 Å². The van der Waals surface area contributed by atoms with Crippen LogP contribution < -0.4 is 4.74 Å². The quantitative estimate of drug-likeness (QED) is 0.425. The van der Waals surface area contributed by atoms with Crippen LogP contribution in [0.3, 0.4) is 0 Å². The first-order valence-electron chi connectivity index (χ1n) is 11.1. The van der Waals surface area contributed by atoms with Crippen molar-refractivity contribution in [3.8, 4) is 16.9 Å². The van der Waals surface area contributed by atoms with Gasteiger partial charge in [0.05, 0.1) is 13.2 Å². The van der Waals surface area contributed by atoms with Crippen molar-refractivity contribution >= 4 is 23.3 Å². The first-order valence-corrected chi connectivity index (χ1v) is 11.1. The molecule has 8 heteroatoms. The van der Waals surface area contributed by atoms with E-state index in [1.54, 1.807) is 22.4 Å². The predicted octanol–water partition coefficient (Wildman–Crippen LogP) is 3.49. The molecule has 8 nitrogen and oxygen atoms in total. The Kier molecular flexibility index (Phi) is 6.63. The number of pyridine rings is 1. The van der Waals surface area contributed by atoms with Crippen molar-refractivity contribution in [1.29, 1.82) is 0 Å². The van der Waals surface area contributed by atoms with Crippen LogP contribution >= 0.6 is 0 Å². The van der Waals surface area contributed by atoms with Crippen LogP contribution in [-0.2, 0) is 9.53 Å². The molecule has 3 heterocycles. The summed E-state index contributed by atoms with van der Waals surface area (Å²) in [4.78, 5) is 41.6. The monoisotopic (exact) mass is 449 g/mol. The number of amides is 2. The van der Waals surface area contributed by atoms with Crippen LogP contribution in [0, 0.1) is 0 Å². The summed E-state index contributed by atoms with van der Waals surface area (Å²) in [5, 5.41) is 0. The van der Waals surface area contributed by atoms with Gasteiger partial charge in [0.2, 0.25) is 0 Å². The molecule has 0 radical (unpaired) electrons. The van der Waals surface area contributed by atoms with Gasteiger partial charge in [-0.15, -0.1) is 0 Å². The molecule has 3 aromatic rings. The van der Waals surface area contributed by atoms with Gasteiger partial charge in [-0.25, -0.2) is 4.79 Å². The maximum absolute atomic E-state index is 13.5. The Morgan fingerprint density at radius 2 is 1.58 bits per heavy atom. The normalized spacial score (nSPS) is 13.8. The summed E-state index contributed by atoms with van der Waals surface area (Å²) >= 11 is 0. The number of carbonyl (C=O) groups is 3. The molecule has 33 heavy (non-hydrogen) atoms. The van der Waals surface area contributed by atoms with Crippen molar-refractivity contribution < 1.29 is 23.9 Å². The number of benzene rings is 1. The van der Waals surface area contributed by atoms with Gasteiger partial charge < -0.3 is 23.7 Å². The molecule has 0 spiro atoms. The average Bonchev–Trinajstić information content (AvgIpc) is 3.23. The van der Waals surface area contributed by atoms with E-state index in [2.05, 4.69) is 0 Å². The Bertz CT molecular complexity index is 1160. The minimum absolute atomic E-state index is 0.283. The molecule has 4 rings (SSSR count). The molecular weight excluding hydrogens is 422 g/mol. The van der Waals surface area contributed by atoms with E-state index in [-0.39, 0.29) is 13.1 Å². The lowest BCUT2D eigenvalue weighted by Crippen LogP contribution is -2.52. The van der Waals surface area contributed by atoms with Crippen LogP contribution in [0.5, 0.6) is 5.75 Å². The fraction of sp³-hybridized carbons (Fsp3) is 0.320. The standard InChI is InChI=1S/C25H27N3O5/c1-3-32-20-10-8-18(9-11-20)21-17-19-7-5-6-12-28(19)22(21)23(29)24(30)26-13-15-27(16-14-26)25(31)33-4-2/h5-12,17H,3-4,13-16H2,1-2H3. The van der Waals surface area contributed by atoms with E-state index in [1.807, 2.05) is 55.5 Å². The average molecular weight is 450 g/mol. The molecule has 2 aromatic heterocycles. The van der Waals surface area contributed by atoms with Gasteiger partial charge in [-0.1, -0.05) is 18.2 Å². The highest BCUT2D eigenvalue weighted by Crippen LogP contribution is 2.30. The molecule has 0 bridgehead atoms. The van der Waals surface area contributed by atoms with E-state index in [1.165, 1.54) is 4.90 Å². The third kappa shape index (κ3) is 4.55. The van der Waals surface area contributed by atoms with Crippen molar-refractivity contribution in [2.45, 2.75) is 13.8 Å². The fourth-order valence-electron chi connectivity index (χ4n) is 4.02. The maximum Gasteiger partial charge on any atom is 0.409 e. The zero-order valence-electron chi connectivity index (χ0n) is 18.8. The number of ether oxygens (including phenoxy) is 2. The second-order valence-electron chi connectivity index (χ2n) is 7.67. The lowest BCUT2D eigenvalue weighted by Gasteiger charge is -2.33. The number of ketones is 1. The molecule has 1 aromatic carbocycles. The number of hydrogen-bond acceptors (Lipinski definition) is 5. The summed E-state index contributed by atoms with van der Waals surface area (Å²) in [6.45, 7) is 5.76. The SMILES string of the molecule is CCOC(=O)N1CCN(C(=O)C(=O)c2c(-c3ccc(OCC)cc3)cc3ccccn23)CC1. The third-order valence-electron chi connectivity index (χ3n) is 5.66. The number of piperazine rings is 1. The van der Waals surface area contributed by atoms with E-state index in [9.17, 15) is 14.4 Å². The molecule has 1 aliphatic rings. The predicted molar refractivity (Wildman–Crippen MR) is 124 cm³/mol. The topological polar surface area (TPSA) is 80.6 Å². The molecule has 0 atom stereocenters. The van der Waals surface area contributed by atoms with Crippen molar-refractivity contribution in [1.82, 2.24) is 14.2 Å².